The highest BCUT2D eigenvalue weighted by Gasteiger charge is 2.49. The Labute approximate surface area is 302 Å². The van der Waals surface area contributed by atoms with Crippen LogP contribution >= 0.6 is 0 Å². The summed E-state index contributed by atoms with van der Waals surface area (Å²) >= 11 is 0. The van der Waals surface area contributed by atoms with E-state index in [1.165, 1.54) is 40.0 Å². The zero-order valence-electron chi connectivity index (χ0n) is 29.7. The number of likely N-dealkylation sites (tertiary alicyclic amines) is 1. The van der Waals surface area contributed by atoms with Crippen molar-refractivity contribution < 1.29 is 42.2 Å². The van der Waals surface area contributed by atoms with E-state index in [0.717, 1.165) is 38.4 Å². The van der Waals surface area contributed by atoms with Gasteiger partial charge in [0.25, 0.3) is 5.91 Å². The summed E-state index contributed by atoms with van der Waals surface area (Å²) < 4.78 is 30.7. The number of urea groups is 1. The maximum Gasteiger partial charge on any atom is 0.319 e. The summed E-state index contributed by atoms with van der Waals surface area (Å²) in [7, 11) is -3.45. The van der Waals surface area contributed by atoms with Gasteiger partial charge in [-0.15, -0.1) is 5.10 Å². The van der Waals surface area contributed by atoms with Crippen LogP contribution in [0.4, 0.5) is 10.5 Å². The second-order valence-corrected chi connectivity index (χ2v) is 16.6. The highest BCUT2D eigenvalue weighted by molar-refractivity contribution is 7.90. The standard InChI is InChI=1S/C34H48N8O9S/c1-33(2,48)27-19-36-40-42(27)23-18-26(30(45)39-34(28(43)29(35)44)13-15-51-16-14-34)41(20-23)31(46)25(17-21-7-5-4-6-8-21)38-32(47)37-22-9-11-24(12-10-22)52(3,49)50/h9-12,19,21,23,25-26,48H,4-8,13-18,20H2,1-3H3,(H2,35,44)(H,39,45)(H2,37,38,47)/t23?,25-,26?/m1/s1. The van der Waals surface area contributed by atoms with Crippen LogP contribution in [0.3, 0.4) is 0 Å². The molecule has 1 aliphatic carbocycles. The van der Waals surface area contributed by atoms with E-state index in [4.69, 9.17) is 10.5 Å². The molecule has 2 aliphatic heterocycles. The minimum absolute atomic E-state index is 0.00767. The molecule has 17 nitrogen and oxygen atoms in total. The number of primary amides is 1. The smallest absolute Gasteiger partial charge is 0.319 e. The molecule has 3 atom stereocenters. The molecule has 1 saturated carbocycles. The van der Waals surface area contributed by atoms with Crippen LogP contribution in [-0.2, 0) is 39.4 Å². The van der Waals surface area contributed by atoms with Gasteiger partial charge in [-0.05, 0) is 50.5 Å². The van der Waals surface area contributed by atoms with E-state index in [1.807, 2.05) is 0 Å². The normalized spacial score (nSPS) is 21.6. The number of carbonyl (C=O) groups is 5. The van der Waals surface area contributed by atoms with Gasteiger partial charge in [0.15, 0.2) is 9.84 Å². The number of ether oxygens (including phenoxy) is 1. The number of hydrogen-bond acceptors (Lipinski definition) is 11. The third-order valence-corrected chi connectivity index (χ3v) is 11.3. The number of anilines is 1. The Morgan fingerprint density at radius 2 is 1.73 bits per heavy atom. The Morgan fingerprint density at radius 3 is 2.33 bits per heavy atom. The first kappa shape index (κ1) is 38.8. The molecule has 1 aromatic heterocycles. The Bertz CT molecular complexity index is 1760. The molecule has 0 spiro atoms. The summed E-state index contributed by atoms with van der Waals surface area (Å²) in [5, 5.41) is 27.2. The number of aliphatic hydroxyl groups is 1. The lowest BCUT2D eigenvalue weighted by Crippen LogP contribution is -2.64. The SMILES string of the molecule is CC(C)(O)c1cnnn1C1CC(C(=O)NC2(C(=O)C(N)=O)CCOCC2)N(C(=O)[C@@H](CC2CCCCC2)NC(=O)Nc2ccc(S(C)(=O)=O)cc2)C1. The van der Waals surface area contributed by atoms with Crippen molar-refractivity contribution in [3.8, 4) is 0 Å². The van der Waals surface area contributed by atoms with Gasteiger partial charge in [0.05, 0.1) is 22.8 Å². The lowest BCUT2D eigenvalue weighted by Gasteiger charge is -2.37. The first-order valence-corrected chi connectivity index (χ1v) is 19.4. The number of hydrogen-bond donors (Lipinski definition) is 5. The second-order valence-electron chi connectivity index (χ2n) is 14.6. The molecule has 52 heavy (non-hydrogen) atoms. The fourth-order valence-corrected chi connectivity index (χ4v) is 8.04. The summed E-state index contributed by atoms with van der Waals surface area (Å²) in [5.41, 5.74) is 3.08. The van der Waals surface area contributed by atoms with Gasteiger partial charge in [0, 0.05) is 51.0 Å². The van der Waals surface area contributed by atoms with Crippen molar-refractivity contribution in [3.05, 3.63) is 36.2 Å². The van der Waals surface area contributed by atoms with Gasteiger partial charge in [0.1, 0.15) is 23.2 Å². The van der Waals surface area contributed by atoms with Crippen LogP contribution < -0.4 is 21.7 Å². The summed E-state index contributed by atoms with van der Waals surface area (Å²) in [5.74, 6) is -3.27. The van der Waals surface area contributed by atoms with Gasteiger partial charge in [0.2, 0.25) is 17.6 Å². The fourth-order valence-electron chi connectivity index (χ4n) is 7.41. The van der Waals surface area contributed by atoms with Crippen molar-refractivity contribution in [2.45, 2.75) is 106 Å². The summed E-state index contributed by atoms with van der Waals surface area (Å²) in [6.07, 6.45) is 7.57. The molecule has 1 aromatic carbocycles. The Hall–Kier alpha value is -4.42. The summed E-state index contributed by atoms with van der Waals surface area (Å²) in [6.45, 7) is 3.28. The molecule has 284 valence electrons. The fraction of sp³-hybridized carbons (Fsp3) is 0.618. The Kier molecular flexibility index (Phi) is 11.7. The van der Waals surface area contributed by atoms with Gasteiger partial charge in [-0.1, -0.05) is 37.3 Å². The zero-order chi connectivity index (χ0) is 37.8. The topological polar surface area (TPSA) is 245 Å². The molecule has 0 radical (unpaired) electrons. The molecule has 18 heteroatoms. The number of benzene rings is 1. The van der Waals surface area contributed by atoms with E-state index < -0.39 is 68.6 Å². The van der Waals surface area contributed by atoms with E-state index >= 15 is 0 Å². The molecule has 5 amide bonds. The number of sulfone groups is 1. The highest BCUT2D eigenvalue weighted by atomic mass is 32.2. The van der Waals surface area contributed by atoms with Crippen molar-refractivity contribution >= 4 is 45.1 Å². The minimum atomic E-state index is -3.45. The zero-order valence-corrected chi connectivity index (χ0v) is 30.5. The highest BCUT2D eigenvalue weighted by Crippen LogP contribution is 2.34. The van der Waals surface area contributed by atoms with Crippen LogP contribution in [-0.4, -0.2) is 107 Å². The number of carbonyl (C=O) groups excluding carboxylic acids is 5. The Morgan fingerprint density at radius 1 is 1.08 bits per heavy atom. The summed E-state index contributed by atoms with van der Waals surface area (Å²) in [6, 6.07) is 2.05. The van der Waals surface area contributed by atoms with E-state index in [-0.39, 0.29) is 49.8 Å². The lowest BCUT2D eigenvalue weighted by molar-refractivity contribution is -0.147. The van der Waals surface area contributed by atoms with Gasteiger partial charge in [-0.2, -0.15) is 0 Å². The minimum Gasteiger partial charge on any atom is -0.384 e. The number of Topliss-reactive ketones (excluding diaryl/α,β-unsaturated/α-hetero) is 1. The number of ketones is 1. The van der Waals surface area contributed by atoms with Crippen molar-refractivity contribution in [1.82, 2.24) is 30.5 Å². The first-order chi connectivity index (χ1) is 24.5. The predicted molar refractivity (Wildman–Crippen MR) is 186 cm³/mol. The van der Waals surface area contributed by atoms with Crippen LogP contribution in [0.2, 0.25) is 0 Å². The first-order valence-electron chi connectivity index (χ1n) is 17.5. The van der Waals surface area contributed by atoms with Crippen molar-refractivity contribution in [2.24, 2.45) is 11.7 Å². The molecule has 2 aromatic rings. The Balaban J connectivity index is 1.45. The molecule has 3 aliphatic rings. The van der Waals surface area contributed by atoms with Crippen LogP contribution in [0.5, 0.6) is 0 Å². The van der Waals surface area contributed by atoms with Gasteiger partial charge < -0.3 is 36.4 Å². The molecule has 6 N–H and O–H groups in total. The number of nitrogens with zero attached hydrogens (tertiary/aromatic N) is 4. The number of amides is 5. The second kappa shape index (κ2) is 15.7. The number of nitrogens with two attached hydrogens (primary N) is 1. The van der Waals surface area contributed by atoms with Gasteiger partial charge >= 0.3 is 6.03 Å². The number of aromatic nitrogens is 3. The molecule has 2 saturated heterocycles. The molecule has 2 unspecified atom stereocenters. The van der Waals surface area contributed by atoms with Crippen molar-refractivity contribution in [3.63, 3.8) is 0 Å². The third-order valence-electron chi connectivity index (χ3n) is 10.2. The van der Waals surface area contributed by atoms with E-state index in [0.29, 0.717) is 17.8 Å². The average molecular weight is 745 g/mol. The largest absolute Gasteiger partial charge is 0.384 e. The van der Waals surface area contributed by atoms with Crippen LogP contribution in [0, 0.1) is 5.92 Å². The molecular weight excluding hydrogens is 696 g/mol. The van der Waals surface area contributed by atoms with Crippen molar-refractivity contribution in [2.75, 3.05) is 31.3 Å². The molecule has 3 fully saturated rings. The van der Waals surface area contributed by atoms with Crippen molar-refractivity contribution in [1.29, 1.82) is 0 Å². The maximum atomic E-state index is 14.7. The van der Waals surface area contributed by atoms with Gasteiger partial charge in [-0.25, -0.2) is 17.9 Å². The van der Waals surface area contributed by atoms with E-state index in [2.05, 4.69) is 26.3 Å². The summed E-state index contributed by atoms with van der Waals surface area (Å²) in [4.78, 5) is 68.9. The molecule has 3 heterocycles. The third kappa shape index (κ3) is 8.95. The van der Waals surface area contributed by atoms with E-state index in [1.54, 1.807) is 13.8 Å². The lowest BCUT2D eigenvalue weighted by atomic mass is 9.84. The molecule has 0 bridgehead atoms. The van der Waals surface area contributed by atoms with Crippen LogP contribution in [0.15, 0.2) is 35.4 Å². The number of rotatable bonds is 12. The molecular formula is C34H48N8O9S. The average Bonchev–Trinajstić information content (AvgIpc) is 3.77. The van der Waals surface area contributed by atoms with E-state index in [9.17, 15) is 37.5 Å². The van der Waals surface area contributed by atoms with Crippen LogP contribution in [0.25, 0.3) is 0 Å². The van der Waals surface area contributed by atoms with Gasteiger partial charge in [-0.3, -0.25) is 19.2 Å². The molecule has 5 rings (SSSR count). The van der Waals surface area contributed by atoms with Crippen LogP contribution in [0.1, 0.15) is 83.4 Å². The monoisotopic (exact) mass is 744 g/mol. The quantitative estimate of drug-likeness (QED) is 0.191. The predicted octanol–water partition coefficient (Wildman–Crippen LogP) is 0.932. The number of nitrogens with one attached hydrogen (secondary N) is 3. The maximum absolute atomic E-state index is 14.7.